The summed E-state index contributed by atoms with van der Waals surface area (Å²) in [6, 6.07) is 7.67. The van der Waals surface area contributed by atoms with Crippen LogP contribution in [0.4, 0.5) is 5.82 Å². The Kier molecular flexibility index (Phi) is 6.76. The van der Waals surface area contributed by atoms with Gasteiger partial charge in [-0.1, -0.05) is 55.8 Å². The Labute approximate surface area is 199 Å². The molecule has 2 saturated carbocycles. The number of benzene rings is 1. The first-order chi connectivity index (χ1) is 16.2. The SMILES string of the molecule is O=C(NCCNc1nc(C2CCCCC2)nc2c1cnn2-c1ccccc1Cl)C1CCCC1. The minimum absolute atomic E-state index is 0.177. The maximum atomic E-state index is 12.3. The predicted molar refractivity (Wildman–Crippen MR) is 131 cm³/mol. The Hall–Kier alpha value is -2.67. The quantitative estimate of drug-likeness (QED) is 0.465. The summed E-state index contributed by atoms with van der Waals surface area (Å²) < 4.78 is 1.80. The number of hydrogen-bond donors (Lipinski definition) is 2. The number of anilines is 1. The Bertz CT molecular complexity index is 1120. The highest BCUT2D eigenvalue weighted by Gasteiger charge is 2.23. The zero-order valence-corrected chi connectivity index (χ0v) is 19.7. The lowest BCUT2D eigenvalue weighted by Gasteiger charge is -2.21. The number of nitrogens with zero attached hydrogens (tertiary/aromatic N) is 4. The molecule has 2 heterocycles. The van der Waals surface area contributed by atoms with E-state index in [-0.39, 0.29) is 11.8 Å². The first-order valence-electron chi connectivity index (χ1n) is 12.2. The molecule has 1 amide bonds. The van der Waals surface area contributed by atoms with E-state index in [2.05, 4.69) is 15.7 Å². The van der Waals surface area contributed by atoms with E-state index in [4.69, 9.17) is 21.6 Å². The number of aromatic nitrogens is 4. The molecule has 2 N–H and O–H groups in total. The summed E-state index contributed by atoms with van der Waals surface area (Å²) in [6.07, 6.45) is 12.1. The average molecular weight is 467 g/mol. The van der Waals surface area contributed by atoms with E-state index < -0.39 is 0 Å². The van der Waals surface area contributed by atoms with Crippen molar-refractivity contribution >= 4 is 34.4 Å². The Morgan fingerprint density at radius 3 is 2.55 bits per heavy atom. The second kappa shape index (κ2) is 10.1. The van der Waals surface area contributed by atoms with Crippen molar-refractivity contribution in [3.8, 4) is 5.69 Å². The van der Waals surface area contributed by atoms with Gasteiger partial charge in [0.2, 0.25) is 5.91 Å². The number of nitrogens with one attached hydrogen (secondary N) is 2. The van der Waals surface area contributed by atoms with E-state index in [0.717, 1.165) is 66.9 Å². The van der Waals surface area contributed by atoms with Crippen LogP contribution in [0.1, 0.15) is 69.5 Å². The van der Waals surface area contributed by atoms with Crippen LogP contribution >= 0.6 is 11.6 Å². The van der Waals surface area contributed by atoms with Gasteiger partial charge in [0, 0.05) is 24.9 Å². The van der Waals surface area contributed by atoms with Crippen molar-refractivity contribution in [1.82, 2.24) is 25.1 Å². The largest absolute Gasteiger partial charge is 0.368 e. The molecule has 0 atom stereocenters. The van der Waals surface area contributed by atoms with Crippen LogP contribution in [0.3, 0.4) is 0 Å². The number of halogens is 1. The minimum atomic E-state index is 0.177. The third kappa shape index (κ3) is 4.83. The standard InChI is InChI=1S/C25H31ClN6O/c26-20-12-6-7-13-21(20)32-24-19(16-29-32)23(30-22(31-24)17-8-2-1-3-9-17)27-14-15-28-25(33)18-10-4-5-11-18/h6-7,12-13,16-18H,1-5,8-11,14-15H2,(H,28,33)(H,27,30,31). The van der Waals surface area contributed by atoms with Crippen LogP contribution in [0.25, 0.3) is 16.7 Å². The van der Waals surface area contributed by atoms with Crippen molar-refractivity contribution < 1.29 is 4.79 Å². The van der Waals surface area contributed by atoms with Gasteiger partial charge in [0.1, 0.15) is 11.6 Å². The summed E-state index contributed by atoms with van der Waals surface area (Å²) in [5, 5.41) is 12.6. The third-order valence-electron chi connectivity index (χ3n) is 6.94. The molecule has 2 aliphatic carbocycles. The second-order valence-electron chi connectivity index (χ2n) is 9.21. The normalized spacial score (nSPS) is 17.5. The molecule has 8 heteroatoms. The Balaban J connectivity index is 1.40. The van der Waals surface area contributed by atoms with Crippen molar-refractivity contribution in [1.29, 1.82) is 0 Å². The Morgan fingerprint density at radius 1 is 1.00 bits per heavy atom. The molecule has 5 rings (SSSR count). The van der Waals surface area contributed by atoms with Crippen molar-refractivity contribution in [2.24, 2.45) is 5.92 Å². The average Bonchev–Trinajstić information content (AvgIpc) is 3.53. The highest BCUT2D eigenvalue weighted by Crippen LogP contribution is 2.34. The summed E-state index contributed by atoms with van der Waals surface area (Å²) in [5.74, 6) is 2.36. The van der Waals surface area contributed by atoms with Gasteiger partial charge in [-0.05, 0) is 37.8 Å². The summed E-state index contributed by atoms with van der Waals surface area (Å²) in [4.78, 5) is 22.2. The highest BCUT2D eigenvalue weighted by molar-refractivity contribution is 6.32. The van der Waals surface area contributed by atoms with E-state index in [9.17, 15) is 4.79 Å². The molecule has 33 heavy (non-hydrogen) atoms. The van der Waals surface area contributed by atoms with Gasteiger partial charge in [0.15, 0.2) is 5.65 Å². The summed E-state index contributed by atoms with van der Waals surface area (Å²) in [7, 11) is 0. The number of carbonyl (C=O) groups is 1. The number of hydrogen-bond acceptors (Lipinski definition) is 5. The molecule has 174 valence electrons. The van der Waals surface area contributed by atoms with Gasteiger partial charge in [0.05, 0.1) is 22.3 Å². The monoisotopic (exact) mass is 466 g/mol. The molecule has 0 radical (unpaired) electrons. The van der Waals surface area contributed by atoms with Crippen LogP contribution in [0, 0.1) is 5.92 Å². The van der Waals surface area contributed by atoms with E-state index in [0.29, 0.717) is 24.0 Å². The maximum Gasteiger partial charge on any atom is 0.223 e. The molecule has 2 fully saturated rings. The van der Waals surface area contributed by atoms with Crippen LogP contribution in [0.15, 0.2) is 30.5 Å². The first-order valence-corrected chi connectivity index (χ1v) is 12.6. The van der Waals surface area contributed by atoms with Gasteiger partial charge in [0.25, 0.3) is 0 Å². The van der Waals surface area contributed by atoms with Crippen molar-refractivity contribution in [3.05, 3.63) is 41.3 Å². The van der Waals surface area contributed by atoms with Crippen LogP contribution in [-0.2, 0) is 4.79 Å². The van der Waals surface area contributed by atoms with E-state index in [1.165, 1.54) is 19.3 Å². The molecule has 0 bridgehead atoms. The van der Waals surface area contributed by atoms with Gasteiger partial charge >= 0.3 is 0 Å². The number of amides is 1. The lowest BCUT2D eigenvalue weighted by molar-refractivity contribution is -0.124. The molecule has 0 aliphatic heterocycles. The number of para-hydroxylation sites is 1. The van der Waals surface area contributed by atoms with Gasteiger partial charge < -0.3 is 10.6 Å². The van der Waals surface area contributed by atoms with Crippen molar-refractivity contribution in [2.75, 3.05) is 18.4 Å². The van der Waals surface area contributed by atoms with Gasteiger partial charge in [-0.15, -0.1) is 0 Å². The van der Waals surface area contributed by atoms with Gasteiger partial charge in [-0.3, -0.25) is 4.79 Å². The molecular formula is C25H31ClN6O. The molecule has 1 aromatic carbocycles. The topological polar surface area (TPSA) is 84.7 Å². The van der Waals surface area contributed by atoms with Gasteiger partial charge in [-0.2, -0.15) is 5.10 Å². The first kappa shape index (κ1) is 22.1. The fourth-order valence-corrected chi connectivity index (χ4v) is 5.32. The minimum Gasteiger partial charge on any atom is -0.368 e. The molecule has 7 nitrogen and oxygen atoms in total. The van der Waals surface area contributed by atoms with Crippen LogP contribution in [-0.4, -0.2) is 38.7 Å². The zero-order chi connectivity index (χ0) is 22.6. The predicted octanol–water partition coefficient (Wildman–Crippen LogP) is 5.23. The van der Waals surface area contributed by atoms with Crippen LogP contribution in [0.2, 0.25) is 5.02 Å². The molecular weight excluding hydrogens is 436 g/mol. The summed E-state index contributed by atoms with van der Waals surface area (Å²) in [5.41, 5.74) is 1.56. The van der Waals surface area contributed by atoms with E-state index >= 15 is 0 Å². The summed E-state index contributed by atoms with van der Waals surface area (Å²) >= 11 is 6.47. The fourth-order valence-electron chi connectivity index (χ4n) is 5.10. The van der Waals surface area contributed by atoms with E-state index in [1.54, 1.807) is 10.9 Å². The maximum absolute atomic E-state index is 12.3. The van der Waals surface area contributed by atoms with Gasteiger partial charge in [-0.25, -0.2) is 14.6 Å². The lowest BCUT2D eigenvalue weighted by Crippen LogP contribution is -2.33. The van der Waals surface area contributed by atoms with E-state index in [1.807, 2.05) is 24.3 Å². The lowest BCUT2D eigenvalue weighted by atomic mass is 9.88. The van der Waals surface area contributed by atoms with Crippen molar-refractivity contribution in [2.45, 2.75) is 63.7 Å². The molecule has 2 aromatic heterocycles. The smallest absolute Gasteiger partial charge is 0.223 e. The second-order valence-corrected chi connectivity index (χ2v) is 9.62. The Morgan fingerprint density at radius 2 is 1.76 bits per heavy atom. The highest BCUT2D eigenvalue weighted by atomic mass is 35.5. The molecule has 3 aromatic rings. The molecule has 0 saturated heterocycles. The molecule has 0 spiro atoms. The number of carbonyl (C=O) groups excluding carboxylic acids is 1. The van der Waals surface area contributed by atoms with Crippen LogP contribution < -0.4 is 10.6 Å². The summed E-state index contributed by atoms with van der Waals surface area (Å²) in [6.45, 7) is 1.17. The number of rotatable bonds is 7. The molecule has 2 aliphatic rings. The van der Waals surface area contributed by atoms with Crippen LogP contribution in [0.5, 0.6) is 0 Å². The third-order valence-corrected chi connectivity index (χ3v) is 7.26. The molecule has 0 unspecified atom stereocenters. The zero-order valence-electron chi connectivity index (χ0n) is 18.9. The fraction of sp³-hybridized carbons (Fsp3) is 0.520. The number of fused-ring (bicyclic) bond motifs is 1. The van der Waals surface area contributed by atoms with Crippen molar-refractivity contribution in [3.63, 3.8) is 0 Å².